The van der Waals surface area contributed by atoms with E-state index in [4.69, 9.17) is 26.2 Å². The molecule has 3 aromatic heterocycles. The van der Waals surface area contributed by atoms with Gasteiger partial charge in [-0.2, -0.15) is 0 Å². The number of benzene rings is 2. The Labute approximate surface area is 258 Å². The van der Waals surface area contributed by atoms with Crippen LogP contribution in [0.15, 0.2) is 48.5 Å². The first-order valence-corrected chi connectivity index (χ1v) is 15.4. The minimum Gasteiger partial charge on any atom is -0.494 e. The second-order valence-electron chi connectivity index (χ2n) is 12.7. The molecule has 4 N–H and O–H groups in total. The van der Waals surface area contributed by atoms with E-state index in [1.807, 2.05) is 34.7 Å². The highest BCUT2D eigenvalue weighted by atomic mass is 19.1. The highest BCUT2D eigenvalue weighted by Gasteiger charge is 2.47. The molecule has 2 saturated carbocycles. The minimum absolute atomic E-state index is 0.0344. The Hall–Kier alpha value is -4.77. The number of rotatable bonds is 7. The molecule has 2 amide bonds. The molecule has 5 aromatic rings. The first-order valence-electron chi connectivity index (χ1n) is 15.4. The summed E-state index contributed by atoms with van der Waals surface area (Å²) < 4.78 is 25.2. The lowest BCUT2D eigenvalue weighted by molar-refractivity contribution is 0.0700. The molecule has 3 atom stereocenters. The molecule has 1 saturated heterocycles. The number of carbonyl (C=O) groups is 2. The molecular formula is C34H34FN7O3. The van der Waals surface area contributed by atoms with E-state index in [0.29, 0.717) is 52.4 Å². The predicted molar refractivity (Wildman–Crippen MR) is 168 cm³/mol. The number of hydrogen-bond donors (Lipinski definition) is 2. The maximum atomic E-state index is 15.3. The molecule has 2 unspecified atom stereocenters. The lowest BCUT2D eigenvalue weighted by Gasteiger charge is -2.27. The van der Waals surface area contributed by atoms with E-state index in [-0.39, 0.29) is 29.1 Å². The zero-order valence-electron chi connectivity index (χ0n) is 25.2. The van der Waals surface area contributed by atoms with Gasteiger partial charge in [-0.05, 0) is 80.0 Å². The second kappa shape index (κ2) is 10.1. The number of aryl methyl sites for hydroxylation is 1. The van der Waals surface area contributed by atoms with Gasteiger partial charge in [-0.1, -0.05) is 6.07 Å². The van der Waals surface area contributed by atoms with Crippen molar-refractivity contribution in [1.29, 1.82) is 0 Å². The lowest BCUT2D eigenvalue weighted by Crippen LogP contribution is -2.41. The van der Waals surface area contributed by atoms with E-state index < -0.39 is 11.7 Å². The van der Waals surface area contributed by atoms with Gasteiger partial charge in [0, 0.05) is 48.7 Å². The van der Waals surface area contributed by atoms with Crippen molar-refractivity contribution in [3.05, 3.63) is 65.5 Å². The lowest BCUT2D eigenvalue weighted by atomic mass is 10.1. The van der Waals surface area contributed by atoms with E-state index in [2.05, 4.69) is 4.57 Å². The summed E-state index contributed by atoms with van der Waals surface area (Å²) in [5.74, 6) is 0.588. The molecule has 2 aromatic carbocycles. The third-order valence-corrected chi connectivity index (χ3v) is 9.97. The van der Waals surface area contributed by atoms with E-state index in [1.165, 1.54) is 6.07 Å². The van der Waals surface area contributed by atoms with Crippen molar-refractivity contribution in [2.24, 2.45) is 30.4 Å². The van der Waals surface area contributed by atoms with Crippen molar-refractivity contribution >= 4 is 33.9 Å². The monoisotopic (exact) mass is 607 g/mol. The zero-order chi connectivity index (χ0) is 31.1. The van der Waals surface area contributed by atoms with Gasteiger partial charge in [0.15, 0.2) is 5.82 Å². The van der Waals surface area contributed by atoms with Crippen LogP contribution in [0, 0.1) is 17.7 Å². The summed E-state index contributed by atoms with van der Waals surface area (Å²) in [7, 11) is 3.54. The first-order chi connectivity index (χ1) is 21.7. The number of likely N-dealkylation sites (tertiary alicyclic amines) is 1. The van der Waals surface area contributed by atoms with Gasteiger partial charge in [-0.15, -0.1) is 0 Å². The Morgan fingerprint density at radius 2 is 1.89 bits per heavy atom. The van der Waals surface area contributed by atoms with Crippen LogP contribution in [0.1, 0.15) is 46.4 Å². The number of fused-ring (bicyclic) bond motifs is 4. The minimum atomic E-state index is -0.826. The fourth-order valence-corrected chi connectivity index (χ4v) is 7.39. The molecule has 8 rings (SSSR count). The summed E-state index contributed by atoms with van der Waals surface area (Å²) in [6.07, 6.45) is 4.26. The van der Waals surface area contributed by atoms with Crippen molar-refractivity contribution < 1.29 is 18.7 Å². The van der Waals surface area contributed by atoms with Crippen molar-refractivity contribution in [1.82, 2.24) is 24.0 Å². The van der Waals surface area contributed by atoms with Crippen LogP contribution >= 0.6 is 0 Å². The van der Waals surface area contributed by atoms with Gasteiger partial charge in [0.25, 0.3) is 11.8 Å². The number of piperidine rings is 1. The molecule has 0 spiro atoms. The van der Waals surface area contributed by atoms with Crippen LogP contribution in [0.2, 0.25) is 0 Å². The van der Waals surface area contributed by atoms with Gasteiger partial charge < -0.3 is 30.2 Å². The fraction of sp³-hybridized carbons (Fsp3) is 0.353. The molecule has 11 heteroatoms. The average Bonchev–Trinajstić information content (AvgIpc) is 3.44. The third-order valence-electron chi connectivity index (χ3n) is 9.97. The summed E-state index contributed by atoms with van der Waals surface area (Å²) in [5.41, 5.74) is 15.8. The number of pyridine rings is 1. The Bertz CT molecular complexity index is 2040. The Morgan fingerprint density at radius 1 is 1.07 bits per heavy atom. The number of nitrogens with two attached hydrogens (primary N) is 2. The number of methoxy groups -OCH3 is 1. The van der Waals surface area contributed by atoms with Crippen molar-refractivity contribution in [2.45, 2.75) is 44.3 Å². The largest absolute Gasteiger partial charge is 0.494 e. The van der Waals surface area contributed by atoms with Crippen molar-refractivity contribution in [3.63, 3.8) is 0 Å². The summed E-state index contributed by atoms with van der Waals surface area (Å²) in [6, 6.07) is 14.0. The number of aromatic nitrogens is 4. The molecule has 2 aliphatic carbocycles. The molecule has 4 heterocycles. The fourth-order valence-electron chi connectivity index (χ4n) is 7.39. The Kier molecular flexibility index (Phi) is 6.25. The van der Waals surface area contributed by atoms with E-state index in [0.717, 1.165) is 48.8 Å². The number of carbonyl (C=O) groups excluding carboxylic acids is 2. The number of halogens is 1. The second-order valence-corrected chi connectivity index (χ2v) is 12.7. The number of imidazole rings is 1. The van der Waals surface area contributed by atoms with Crippen molar-refractivity contribution in [2.75, 3.05) is 13.7 Å². The molecule has 3 fully saturated rings. The zero-order valence-corrected chi connectivity index (χ0v) is 25.2. The topological polar surface area (TPSA) is 134 Å². The number of nitrogens with zero attached hydrogens (tertiary/aromatic N) is 5. The quantitative estimate of drug-likeness (QED) is 0.280. The highest BCUT2D eigenvalue weighted by molar-refractivity contribution is 6.00. The predicted octanol–water partition coefficient (Wildman–Crippen LogP) is 4.48. The molecule has 1 aliphatic heterocycles. The van der Waals surface area contributed by atoms with E-state index >= 15 is 4.39 Å². The van der Waals surface area contributed by atoms with E-state index in [1.54, 1.807) is 31.4 Å². The number of primary amides is 1. The summed E-state index contributed by atoms with van der Waals surface area (Å²) in [5, 5.41) is 0.885. The number of ether oxygens (including phenoxy) is 1. The van der Waals surface area contributed by atoms with Crippen LogP contribution in [0.5, 0.6) is 5.75 Å². The molecule has 45 heavy (non-hydrogen) atoms. The van der Waals surface area contributed by atoms with Gasteiger partial charge >= 0.3 is 0 Å². The van der Waals surface area contributed by atoms with Crippen molar-refractivity contribution in [3.8, 4) is 28.5 Å². The third kappa shape index (κ3) is 4.32. The van der Waals surface area contributed by atoms with Gasteiger partial charge in [-0.25, -0.2) is 14.4 Å². The summed E-state index contributed by atoms with van der Waals surface area (Å²) in [6.45, 7) is 1.42. The van der Waals surface area contributed by atoms with Gasteiger partial charge in [0.05, 0.1) is 29.6 Å². The number of hydrogen-bond acceptors (Lipinski definition) is 6. The molecular weight excluding hydrogens is 573 g/mol. The molecule has 2 bridgehead atoms. The van der Waals surface area contributed by atoms with Gasteiger partial charge in [-0.3, -0.25) is 9.59 Å². The maximum Gasteiger partial charge on any atom is 0.254 e. The Balaban J connectivity index is 1.25. The van der Waals surface area contributed by atoms with Crippen LogP contribution in [0.3, 0.4) is 0 Å². The molecule has 0 radical (unpaired) electrons. The SMILES string of the molecule is COc1cc(C(=O)N2CC3CCC2[C@@H]3N)cc2nc(-c3cc4ccc(-c5cccc(C(N)=O)c5F)nc4n3CC3CC3)n(C)c12. The smallest absolute Gasteiger partial charge is 0.254 e. The van der Waals surface area contributed by atoms with E-state index in [9.17, 15) is 9.59 Å². The van der Waals surface area contributed by atoms with Crippen LogP contribution in [-0.2, 0) is 13.6 Å². The van der Waals surface area contributed by atoms with Crippen LogP contribution in [0.25, 0.3) is 44.8 Å². The normalized spacial score (nSPS) is 20.9. The van der Waals surface area contributed by atoms with Crippen LogP contribution in [-0.4, -0.2) is 61.6 Å². The number of amides is 2. The molecule has 230 valence electrons. The molecule has 10 nitrogen and oxygen atoms in total. The standard InChI is InChI=1S/C34H34FN7O3/c1-40-30-24(12-20(14-27(30)45-2)34(44)42-16-19-9-11-25(42)29(19)36)39-33(40)26-13-18-8-10-23(38-32(18)41(26)15-17-6-7-17)21-4-3-5-22(28(21)35)31(37)43/h3-5,8,10,12-14,17,19,25,29H,6-7,9,11,15-16,36H2,1-2H3,(H2,37,43)/t19?,25?,29-/m1/s1. The maximum absolute atomic E-state index is 15.3. The van der Waals surface area contributed by atoms with Crippen LogP contribution in [0.4, 0.5) is 4.39 Å². The van der Waals surface area contributed by atoms with Gasteiger partial charge in [0.2, 0.25) is 0 Å². The average molecular weight is 608 g/mol. The Morgan fingerprint density at radius 3 is 2.58 bits per heavy atom. The first kappa shape index (κ1) is 27.8. The molecule has 3 aliphatic rings. The summed E-state index contributed by atoms with van der Waals surface area (Å²) in [4.78, 5) is 37.4. The summed E-state index contributed by atoms with van der Waals surface area (Å²) >= 11 is 0. The van der Waals surface area contributed by atoms with Crippen LogP contribution < -0.4 is 16.2 Å². The highest BCUT2D eigenvalue weighted by Crippen LogP contribution is 2.40. The van der Waals surface area contributed by atoms with Gasteiger partial charge in [0.1, 0.15) is 22.7 Å².